The number of benzene rings is 1. The van der Waals surface area contributed by atoms with Gasteiger partial charge in [-0.1, -0.05) is 23.2 Å². The maximum Gasteiger partial charge on any atom is 0.296 e. The molecule has 0 atom stereocenters. The lowest BCUT2D eigenvalue weighted by molar-refractivity contribution is 0.483. The predicted molar refractivity (Wildman–Crippen MR) is 57.6 cm³/mol. The first kappa shape index (κ1) is 13.7. The third-order valence-corrected chi connectivity index (χ3v) is 4.26. The molecule has 16 heavy (non-hydrogen) atoms. The fraction of sp³-hybridized carbons (Fsp3) is 0. The molecule has 0 aromatic heterocycles. The first-order valence-electron chi connectivity index (χ1n) is 3.53. The van der Waals surface area contributed by atoms with Gasteiger partial charge in [0.1, 0.15) is 9.79 Å². The summed E-state index contributed by atoms with van der Waals surface area (Å²) in [7, 11) is -8.84. The van der Waals surface area contributed by atoms with E-state index in [1.807, 2.05) is 0 Å². The van der Waals surface area contributed by atoms with Crippen molar-refractivity contribution in [1.29, 1.82) is 0 Å². The third-order valence-electron chi connectivity index (χ3n) is 1.57. The summed E-state index contributed by atoms with van der Waals surface area (Å²) in [6.07, 6.45) is 0. The van der Waals surface area contributed by atoms with E-state index < -0.39 is 35.0 Å². The highest BCUT2D eigenvalue weighted by Crippen LogP contribution is 2.30. The number of halogens is 2. The van der Waals surface area contributed by atoms with Crippen LogP contribution < -0.4 is 5.14 Å². The Labute approximate surface area is 102 Å². The second-order valence-electron chi connectivity index (χ2n) is 2.73. The first-order valence-corrected chi connectivity index (χ1v) is 7.27. The van der Waals surface area contributed by atoms with Crippen molar-refractivity contribution in [3.63, 3.8) is 0 Å². The molecule has 1 aromatic rings. The molecule has 10 heteroatoms. The lowest BCUT2D eigenvalue weighted by Crippen LogP contribution is -2.14. The van der Waals surface area contributed by atoms with Crippen LogP contribution in [0.5, 0.6) is 0 Å². The van der Waals surface area contributed by atoms with Crippen LogP contribution in [0.4, 0.5) is 0 Å². The van der Waals surface area contributed by atoms with Crippen molar-refractivity contribution in [2.45, 2.75) is 9.79 Å². The highest BCUT2D eigenvalue weighted by molar-refractivity contribution is 7.89. The minimum atomic E-state index is -4.64. The van der Waals surface area contributed by atoms with Crippen molar-refractivity contribution in [2.75, 3.05) is 0 Å². The molecular formula is C6H5Cl2NO5S2. The molecule has 0 aliphatic heterocycles. The molecule has 6 nitrogen and oxygen atoms in total. The molecule has 0 heterocycles. The van der Waals surface area contributed by atoms with Gasteiger partial charge in [-0.15, -0.1) is 0 Å². The van der Waals surface area contributed by atoms with Gasteiger partial charge in [-0.2, -0.15) is 8.42 Å². The Morgan fingerprint density at radius 1 is 1.00 bits per heavy atom. The van der Waals surface area contributed by atoms with Gasteiger partial charge >= 0.3 is 0 Å². The van der Waals surface area contributed by atoms with Crippen LogP contribution in [-0.2, 0) is 20.1 Å². The molecule has 0 amide bonds. The fourth-order valence-electron chi connectivity index (χ4n) is 0.926. The van der Waals surface area contributed by atoms with Gasteiger partial charge in [-0.3, -0.25) is 4.55 Å². The smallest absolute Gasteiger partial charge is 0.282 e. The highest BCUT2D eigenvalue weighted by atomic mass is 35.5. The average Bonchev–Trinajstić information content (AvgIpc) is 1.97. The summed E-state index contributed by atoms with van der Waals surface area (Å²) >= 11 is 11.0. The minimum absolute atomic E-state index is 0.333. The van der Waals surface area contributed by atoms with Crippen LogP contribution in [0.3, 0.4) is 0 Å². The van der Waals surface area contributed by atoms with Gasteiger partial charge in [0.2, 0.25) is 10.0 Å². The molecule has 1 aromatic carbocycles. The maximum atomic E-state index is 11.0. The summed E-state index contributed by atoms with van der Waals surface area (Å²) < 4.78 is 52.5. The SMILES string of the molecule is NS(=O)(=O)c1cc(S(=O)(=O)O)c(Cl)cc1Cl. The summed E-state index contributed by atoms with van der Waals surface area (Å²) in [5, 5.41) is 4.05. The quantitative estimate of drug-likeness (QED) is 0.787. The van der Waals surface area contributed by atoms with Crippen molar-refractivity contribution in [3.05, 3.63) is 22.2 Å². The monoisotopic (exact) mass is 305 g/mol. The largest absolute Gasteiger partial charge is 0.296 e. The number of nitrogens with two attached hydrogens (primary N) is 1. The average molecular weight is 306 g/mol. The van der Waals surface area contributed by atoms with Crippen LogP contribution in [0.15, 0.2) is 21.9 Å². The molecule has 0 saturated heterocycles. The van der Waals surface area contributed by atoms with E-state index in [4.69, 9.17) is 32.9 Å². The number of rotatable bonds is 2. The molecule has 1 rings (SSSR count). The van der Waals surface area contributed by atoms with Gasteiger partial charge in [0, 0.05) is 0 Å². The normalized spacial score (nSPS) is 12.8. The van der Waals surface area contributed by atoms with Crippen LogP contribution in [-0.4, -0.2) is 21.4 Å². The molecule has 0 radical (unpaired) electrons. The van der Waals surface area contributed by atoms with Gasteiger partial charge < -0.3 is 0 Å². The predicted octanol–water partition coefficient (Wildman–Crippen LogP) is 0.888. The molecule has 0 fully saturated rings. The second kappa shape index (κ2) is 4.13. The zero-order valence-corrected chi connectivity index (χ0v) is 10.5. The number of hydrogen-bond acceptors (Lipinski definition) is 4. The summed E-state index contributed by atoms with van der Waals surface area (Å²) in [6.45, 7) is 0. The van der Waals surface area contributed by atoms with Crippen molar-refractivity contribution in [3.8, 4) is 0 Å². The minimum Gasteiger partial charge on any atom is -0.282 e. The molecule has 0 aliphatic carbocycles. The second-order valence-corrected chi connectivity index (χ2v) is 6.47. The molecule has 0 unspecified atom stereocenters. The Morgan fingerprint density at radius 2 is 1.44 bits per heavy atom. The van der Waals surface area contributed by atoms with E-state index in [2.05, 4.69) is 0 Å². The Morgan fingerprint density at radius 3 is 1.81 bits per heavy atom. The van der Waals surface area contributed by atoms with Gasteiger partial charge in [-0.05, 0) is 12.1 Å². The zero-order chi connectivity index (χ0) is 12.7. The van der Waals surface area contributed by atoms with Crippen LogP contribution >= 0.6 is 23.2 Å². The first-order chi connectivity index (χ1) is 7.03. The molecule has 0 bridgehead atoms. The summed E-state index contributed by atoms with van der Waals surface area (Å²) in [6, 6.07) is 1.46. The van der Waals surface area contributed by atoms with Gasteiger partial charge in [0.25, 0.3) is 10.1 Å². The van der Waals surface area contributed by atoms with Crippen LogP contribution in [0.25, 0.3) is 0 Å². The summed E-state index contributed by atoms with van der Waals surface area (Å²) in [5.74, 6) is 0. The summed E-state index contributed by atoms with van der Waals surface area (Å²) in [4.78, 5) is -1.41. The molecular weight excluding hydrogens is 301 g/mol. The van der Waals surface area contributed by atoms with E-state index in [9.17, 15) is 16.8 Å². The van der Waals surface area contributed by atoms with Crippen molar-refractivity contribution >= 4 is 43.3 Å². The van der Waals surface area contributed by atoms with Crippen molar-refractivity contribution in [1.82, 2.24) is 0 Å². The molecule has 90 valence electrons. The van der Waals surface area contributed by atoms with Crippen molar-refractivity contribution in [2.24, 2.45) is 5.14 Å². The summed E-state index contributed by atoms with van der Waals surface area (Å²) in [5.41, 5.74) is 0. The molecule has 0 saturated carbocycles. The van der Waals surface area contributed by atoms with Crippen LogP contribution in [0, 0.1) is 0 Å². The fourth-order valence-corrected chi connectivity index (χ4v) is 3.18. The van der Waals surface area contributed by atoms with E-state index >= 15 is 0 Å². The topological polar surface area (TPSA) is 115 Å². The molecule has 3 N–H and O–H groups in total. The van der Waals surface area contributed by atoms with E-state index in [-0.39, 0.29) is 5.02 Å². The lowest BCUT2D eigenvalue weighted by atomic mass is 10.3. The van der Waals surface area contributed by atoms with Crippen LogP contribution in [0.1, 0.15) is 0 Å². The standard InChI is InChI=1S/C6H5Cl2NO5S2/c7-3-1-4(8)6(16(12,13)14)2-5(3)15(9,10)11/h1-2H,(H2,9,10,11)(H,12,13,14). The van der Waals surface area contributed by atoms with Gasteiger partial charge in [0.15, 0.2) is 0 Å². The van der Waals surface area contributed by atoms with E-state index in [0.29, 0.717) is 6.07 Å². The number of hydrogen-bond donors (Lipinski definition) is 2. The Balaban J connectivity index is 3.72. The van der Waals surface area contributed by atoms with Crippen molar-refractivity contribution < 1.29 is 21.4 Å². The van der Waals surface area contributed by atoms with Gasteiger partial charge in [-0.25, -0.2) is 13.6 Å². The van der Waals surface area contributed by atoms with E-state index in [1.165, 1.54) is 0 Å². The van der Waals surface area contributed by atoms with E-state index in [1.54, 1.807) is 0 Å². The Kier molecular flexibility index (Phi) is 3.53. The van der Waals surface area contributed by atoms with Crippen LogP contribution in [0.2, 0.25) is 10.0 Å². The Bertz CT molecular complexity index is 584. The maximum absolute atomic E-state index is 11.0. The molecule has 0 spiro atoms. The highest BCUT2D eigenvalue weighted by Gasteiger charge is 2.22. The molecule has 0 aliphatic rings. The number of sulfonamides is 1. The third kappa shape index (κ3) is 2.84. The van der Waals surface area contributed by atoms with Gasteiger partial charge in [0.05, 0.1) is 10.0 Å². The lowest BCUT2D eigenvalue weighted by Gasteiger charge is -2.05. The Hall–Kier alpha value is -0.380. The van der Waals surface area contributed by atoms with E-state index in [0.717, 1.165) is 6.07 Å². The zero-order valence-electron chi connectivity index (χ0n) is 7.38. The number of primary sulfonamides is 1.